The van der Waals surface area contributed by atoms with Crippen molar-refractivity contribution in [2.75, 3.05) is 4.90 Å². The van der Waals surface area contributed by atoms with Crippen molar-refractivity contribution in [3.05, 3.63) is 70.7 Å². The summed E-state index contributed by atoms with van der Waals surface area (Å²) in [6.45, 7) is 1.86. The number of thiocarbonyl (C=S) groups is 1. The molecule has 0 spiro atoms. The van der Waals surface area contributed by atoms with Gasteiger partial charge in [-0.3, -0.25) is 19.8 Å². The lowest BCUT2D eigenvalue weighted by molar-refractivity contribution is -0.122. The van der Waals surface area contributed by atoms with E-state index >= 15 is 0 Å². The molecule has 0 radical (unpaired) electrons. The minimum Gasteiger partial charge on any atom is -0.465 e. The molecule has 0 saturated carbocycles. The Bertz CT molecular complexity index is 916. The molecule has 2 heterocycles. The third kappa shape index (κ3) is 3.55. The number of rotatable bonds is 3. The molecule has 25 heavy (non-hydrogen) atoms. The van der Waals surface area contributed by atoms with E-state index in [0.717, 1.165) is 5.56 Å². The summed E-state index contributed by atoms with van der Waals surface area (Å²) < 4.78 is 5.16. The van der Waals surface area contributed by atoms with Crippen molar-refractivity contribution in [1.29, 1.82) is 0 Å². The smallest absolute Gasteiger partial charge is 0.270 e. The highest BCUT2D eigenvalue weighted by Crippen LogP contribution is 2.26. The molecule has 1 aromatic carbocycles. The van der Waals surface area contributed by atoms with Crippen LogP contribution in [0.15, 0.2) is 58.7 Å². The van der Waals surface area contributed by atoms with Gasteiger partial charge in [-0.2, -0.15) is 0 Å². The van der Waals surface area contributed by atoms with Gasteiger partial charge in [0.25, 0.3) is 11.8 Å². The summed E-state index contributed by atoms with van der Waals surface area (Å²) in [5.74, 6) is -0.454. The van der Waals surface area contributed by atoms with Crippen LogP contribution in [-0.2, 0) is 9.59 Å². The molecule has 7 heteroatoms. The standard InChI is InChI=1S/C18H13ClN2O3S/c1-11-7-8-12(10-15(11)19)21-17(23)14(16(22)20-18(21)25)6-2-4-13-5-3-9-24-13/h2-10H,1H3,(H,20,22,25)/b4-2+,14-6-. The molecule has 1 fully saturated rings. The third-order valence-corrected chi connectivity index (χ3v) is 4.27. The van der Waals surface area contributed by atoms with Crippen molar-refractivity contribution in [2.45, 2.75) is 6.92 Å². The van der Waals surface area contributed by atoms with E-state index in [2.05, 4.69) is 5.32 Å². The van der Waals surface area contributed by atoms with E-state index in [0.29, 0.717) is 16.5 Å². The molecule has 2 aromatic rings. The number of allylic oxidation sites excluding steroid dienone is 2. The molecule has 1 aliphatic rings. The van der Waals surface area contributed by atoms with E-state index in [1.54, 1.807) is 42.5 Å². The maximum atomic E-state index is 12.7. The molecule has 3 rings (SSSR count). The van der Waals surface area contributed by atoms with E-state index in [9.17, 15) is 9.59 Å². The normalized spacial score (nSPS) is 16.8. The SMILES string of the molecule is Cc1ccc(N2C(=O)/C(=C\C=C\c3ccco3)C(=O)NC2=S)cc1Cl. The Morgan fingerprint density at radius 1 is 1.28 bits per heavy atom. The molecule has 1 saturated heterocycles. The fourth-order valence-electron chi connectivity index (χ4n) is 2.26. The minimum atomic E-state index is -0.548. The largest absolute Gasteiger partial charge is 0.465 e. The van der Waals surface area contributed by atoms with Gasteiger partial charge in [0.15, 0.2) is 5.11 Å². The number of benzene rings is 1. The van der Waals surface area contributed by atoms with Crippen LogP contribution in [0, 0.1) is 6.92 Å². The van der Waals surface area contributed by atoms with Crippen LogP contribution in [0.25, 0.3) is 6.08 Å². The Labute approximate surface area is 154 Å². The van der Waals surface area contributed by atoms with Crippen molar-refractivity contribution in [2.24, 2.45) is 0 Å². The highest BCUT2D eigenvalue weighted by Gasteiger charge is 2.34. The summed E-state index contributed by atoms with van der Waals surface area (Å²) in [7, 11) is 0. The van der Waals surface area contributed by atoms with Crippen molar-refractivity contribution in [3.8, 4) is 0 Å². The van der Waals surface area contributed by atoms with Crippen LogP contribution < -0.4 is 10.2 Å². The summed E-state index contributed by atoms with van der Waals surface area (Å²) in [5.41, 5.74) is 1.33. The number of aryl methyl sites for hydroxylation is 1. The Morgan fingerprint density at radius 3 is 2.76 bits per heavy atom. The third-order valence-electron chi connectivity index (χ3n) is 3.58. The number of hydrogen-bond donors (Lipinski definition) is 1. The van der Waals surface area contributed by atoms with Gasteiger partial charge in [-0.1, -0.05) is 23.7 Å². The van der Waals surface area contributed by atoms with Crippen LogP contribution in [0.2, 0.25) is 5.02 Å². The fourth-order valence-corrected chi connectivity index (χ4v) is 2.71. The van der Waals surface area contributed by atoms with Gasteiger partial charge >= 0.3 is 0 Å². The highest BCUT2D eigenvalue weighted by molar-refractivity contribution is 7.80. The molecular weight excluding hydrogens is 360 g/mol. The van der Waals surface area contributed by atoms with Crippen LogP contribution in [-0.4, -0.2) is 16.9 Å². The van der Waals surface area contributed by atoms with Crippen LogP contribution in [0.4, 0.5) is 5.69 Å². The quantitative estimate of drug-likeness (QED) is 0.507. The zero-order valence-electron chi connectivity index (χ0n) is 13.2. The lowest BCUT2D eigenvalue weighted by Crippen LogP contribution is -2.54. The maximum Gasteiger partial charge on any atom is 0.270 e. The number of anilines is 1. The second-order valence-corrected chi connectivity index (χ2v) is 6.08. The monoisotopic (exact) mass is 372 g/mol. The molecule has 1 aromatic heterocycles. The zero-order valence-corrected chi connectivity index (χ0v) is 14.7. The minimum absolute atomic E-state index is 0.0158. The van der Waals surface area contributed by atoms with Gasteiger partial charge in [0.05, 0.1) is 12.0 Å². The lowest BCUT2D eigenvalue weighted by Gasteiger charge is -2.29. The number of halogens is 1. The Morgan fingerprint density at radius 2 is 2.08 bits per heavy atom. The first-order valence-corrected chi connectivity index (χ1v) is 8.14. The average Bonchev–Trinajstić information content (AvgIpc) is 3.07. The molecule has 0 bridgehead atoms. The maximum absolute atomic E-state index is 12.7. The summed E-state index contributed by atoms with van der Waals surface area (Å²) in [5, 5.41) is 3.04. The van der Waals surface area contributed by atoms with Crippen LogP contribution in [0.1, 0.15) is 11.3 Å². The van der Waals surface area contributed by atoms with Crippen molar-refractivity contribution in [3.63, 3.8) is 0 Å². The van der Waals surface area contributed by atoms with Crippen LogP contribution in [0.3, 0.4) is 0 Å². The first kappa shape index (κ1) is 17.1. The second kappa shape index (κ2) is 7.04. The Hall–Kier alpha value is -2.70. The van der Waals surface area contributed by atoms with Crippen LogP contribution >= 0.6 is 23.8 Å². The summed E-state index contributed by atoms with van der Waals surface area (Å²) in [6.07, 6.45) is 6.17. The molecule has 0 unspecified atom stereocenters. The molecular formula is C18H13ClN2O3S. The van der Waals surface area contributed by atoms with Crippen LogP contribution in [0.5, 0.6) is 0 Å². The van der Waals surface area contributed by atoms with Gasteiger partial charge in [0.1, 0.15) is 11.3 Å². The predicted molar refractivity (Wildman–Crippen MR) is 100 cm³/mol. The lowest BCUT2D eigenvalue weighted by atomic mass is 10.1. The summed E-state index contributed by atoms with van der Waals surface area (Å²) in [4.78, 5) is 26.1. The van der Waals surface area contributed by atoms with Gasteiger partial charge in [-0.15, -0.1) is 0 Å². The zero-order chi connectivity index (χ0) is 18.0. The molecule has 2 amide bonds. The molecule has 0 aliphatic carbocycles. The molecule has 0 atom stereocenters. The van der Waals surface area contributed by atoms with E-state index in [1.165, 1.54) is 17.2 Å². The first-order chi connectivity index (χ1) is 12.0. The van der Waals surface area contributed by atoms with E-state index in [-0.39, 0.29) is 10.7 Å². The fraction of sp³-hybridized carbons (Fsp3) is 0.0556. The highest BCUT2D eigenvalue weighted by atomic mass is 35.5. The number of hydrogen-bond acceptors (Lipinski definition) is 4. The van der Waals surface area contributed by atoms with Gasteiger partial charge in [0, 0.05) is 5.02 Å². The van der Waals surface area contributed by atoms with Gasteiger partial charge < -0.3 is 4.42 Å². The predicted octanol–water partition coefficient (Wildman–Crippen LogP) is 3.63. The Kier molecular flexibility index (Phi) is 4.83. The van der Waals surface area contributed by atoms with E-state index in [4.69, 9.17) is 28.2 Å². The number of nitrogens with one attached hydrogen (secondary N) is 1. The average molecular weight is 373 g/mol. The second-order valence-electron chi connectivity index (χ2n) is 5.29. The van der Waals surface area contributed by atoms with Crippen molar-refractivity contribution >= 4 is 52.5 Å². The number of carbonyl (C=O) groups is 2. The molecule has 126 valence electrons. The van der Waals surface area contributed by atoms with Gasteiger partial charge in [0.2, 0.25) is 0 Å². The van der Waals surface area contributed by atoms with Gasteiger partial charge in [-0.25, -0.2) is 0 Å². The van der Waals surface area contributed by atoms with E-state index < -0.39 is 11.8 Å². The topological polar surface area (TPSA) is 62.6 Å². The molecule has 5 nitrogen and oxygen atoms in total. The summed E-state index contributed by atoms with van der Waals surface area (Å²) >= 11 is 11.3. The Balaban J connectivity index is 1.92. The summed E-state index contributed by atoms with van der Waals surface area (Å²) in [6, 6.07) is 8.64. The van der Waals surface area contributed by atoms with E-state index in [1.807, 2.05) is 6.92 Å². The first-order valence-electron chi connectivity index (χ1n) is 7.35. The number of carbonyl (C=O) groups excluding carboxylic acids is 2. The number of furan rings is 1. The molecule has 1 N–H and O–H groups in total. The number of nitrogens with zero attached hydrogens (tertiary/aromatic N) is 1. The van der Waals surface area contributed by atoms with Gasteiger partial charge in [-0.05, 0) is 61.1 Å². The number of amides is 2. The van der Waals surface area contributed by atoms with Crippen molar-refractivity contribution < 1.29 is 14.0 Å². The molecule has 1 aliphatic heterocycles. The van der Waals surface area contributed by atoms with Crippen molar-refractivity contribution in [1.82, 2.24) is 5.32 Å².